The van der Waals surface area contributed by atoms with Crippen molar-refractivity contribution in [3.63, 3.8) is 0 Å². The van der Waals surface area contributed by atoms with Crippen LogP contribution in [0.25, 0.3) is 10.8 Å². The summed E-state index contributed by atoms with van der Waals surface area (Å²) in [7, 11) is 0. The van der Waals surface area contributed by atoms with Gasteiger partial charge in [0.05, 0.1) is 15.7 Å². The molecule has 0 amide bonds. The van der Waals surface area contributed by atoms with Crippen molar-refractivity contribution in [2.75, 3.05) is 5.73 Å². The largest absolute Gasteiger partial charge is 0.419 e. The Hall–Kier alpha value is -1.50. The Bertz CT molecular complexity index is 692. The summed E-state index contributed by atoms with van der Waals surface area (Å²) >= 11 is 9.17. The van der Waals surface area contributed by atoms with Crippen molar-refractivity contribution >= 4 is 40.4 Å². The summed E-state index contributed by atoms with van der Waals surface area (Å²) < 4.78 is 5.61. The maximum Gasteiger partial charge on any atom is 0.257 e. The average Bonchev–Trinajstić information content (AvgIpc) is 3.09. The van der Waals surface area contributed by atoms with Crippen molar-refractivity contribution < 1.29 is 4.42 Å². The molecular formula is C13H10ClN3OS2. The number of aromatic nitrogens is 2. The number of anilines is 1. The van der Waals surface area contributed by atoms with E-state index in [2.05, 4.69) is 10.2 Å². The second-order valence-electron chi connectivity index (χ2n) is 3.93. The monoisotopic (exact) mass is 323 g/mol. The van der Waals surface area contributed by atoms with Crippen molar-refractivity contribution in [3.8, 4) is 10.8 Å². The predicted octanol–water partition coefficient (Wildman–Crippen LogP) is 4.33. The van der Waals surface area contributed by atoms with Gasteiger partial charge in [0.1, 0.15) is 0 Å². The van der Waals surface area contributed by atoms with E-state index >= 15 is 0 Å². The van der Waals surface area contributed by atoms with E-state index in [-0.39, 0.29) is 0 Å². The lowest BCUT2D eigenvalue weighted by Gasteiger charge is -2.05. The molecule has 20 heavy (non-hydrogen) atoms. The minimum absolute atomic E-state index is 0.534. The van der Waals surface area contributed by atoms with Crippen LogP contribution < -0.4 is 5.73 Å². The standard InChI is InChI=1S/C13H10ClN3OS2/c14-8-3-1-4-9(15)12(8)20-7-11-16-17-13(18-11)10-5-2-6-19-10/h1-6H,7,15H2. The minimum Gasteiger partial charge on any atom is -0.419 e. The number of hydrogen-bond donors (Lipinski definition) is 1. The van der Waals surface area contributed by atoms with Gasteiger partial charge in [-0.3, -0.25) is 0 Å². The van der Waals surface area contributed by atoms with Crippen molar-refractivity contribution in [1.82, 2.24) is 10.2 Å². The van der Waals surface area contributed by atoms with Crippen LogP contribution in [0.1, 0.15) is 5.89 Å². The number of thioether (sulfide) groups is 1. The third kappa shape index (κ3) is 2.82. The molecule has 0 fully saturated rings. The minimum atomic E-state index is 0.534. The lowest BCUT2D eigenvalue weighted by Crippen LogP contribution is -1.89. The van der Waals surface area contributed by atoms with Gasteiger partial charge >= 0.3 is 0 Å². The molecule has 0 spiro atoms. The molecule has 1 aromatic carbocycles. The fraction of sp³-hybridized carbons (Fsp3) is 0.0769. The Balaban J connectivity index is 1.73. The van der Waals surface area contributed by atoms with E-state index < -0.39 is 0 Å². The Kier molecular flexibility index (Phi) is 3.95. The smallest absolute Gasteiger partial charge is 0.257 e. The number of thiophene rings is 1. The highest BCUT2D eigenvalue weighted by Crippen LogP contribution is 2.34. The van der Waals surface area contributed by atoms with Crippen LogP contribution in [0.3, 0.4) is 0 Å². The average molecular weight is 324 g/mol. The van der Waals surface area contributed by atoms with Crippen LogP contribution in [-0.2, 0) is 5.75 Å². The zero-order chi connectivity index (χ0) is 13.9. The summed E-state index contributed by atoms with van der Waals surface area (Å²) in [4.78, 5) is 1.80. The molecule has 0 aliphatic carbocycles. The van der Waals surface area contributed by atoms with Crippen molar-refractivity contribution in [2.24, 2.45) is 0 Å². The lowest BCUT2D eigenvalue weighted by atomic mass is 10.3. The molecule has 0 aliphatic rings. The molecule has 0 aliphatic heterocycles. The molecular weight excluding hydrogens is 314 g/mol. The van der Waals surface area contributed by atoms with Gasteiger partial charge in [-0.15, -0.1) is 33.3 Å². The van der Waals surface area contributed by atoms with Crippen LogP contribution in [0, 0.1) is 0 Å². The van der Waals surface area contributed by atoms with E-state index in [1.165, 1.54) is 11.8 Å². The second kappa shape index (κ2) is 5.87. The Morgan fingerprint density at radius 2 is 2.15 bits per heavy atom. The first-order valence-electron chi connectivity index (χ1n) is 5.77. The SMILES string of the molecule is Nc1cccc(Cl)c1SCc1nnc(-c2cccs2)o1. The van der Waals surface area contributed by atoms with Crippen molar-refractivity contribution in [1.29, 1.82) is 0 Å². The third-order valence-electron chi connectivity index (χ3n) is 2.54. The quantitative estimate of drug-likeness (QED) is 0.572. The number of halogens is 1. The van der Waals surface area contributed by atoms with Crippen molar-refractivity contribution in [2.45, 2.75) is 10.6 Å². The Morgan fingerprint density at radius 1 is 1.25 bits per heavy atom. The molecule has 2 heterocycles. The van der Waals surface area contributed by atoms with E-state index in [4.69, 9.17) is 21.8 Å². The summed E-state index contributed by atoms with van der Waals surface area (Å²) in [5.41, 5.74) is 6.55. The first kappa shape index (κ1) is 13.5. The predicted molar refractivity (Wildman–Crippen MR) is 83.0 cm³/mol. The van der Waals surface area contributed by atoms with Crippen LogP contribution in [-0.4, -0.2) is 10.2 Å². The molecule has 102 valence electrons. The zero-order valence-corrected chi connectivity index (χ0v) is 12.6. The van der Waals surface area contributed by atoms with Gasteiger partial charge in [-0.05, 0) is 23.6 Å². The van der Waals surface area contributed by atoms with Crippen LogP contribution in [0.5, 0.6) is 0 Å². The van der Waals surface area contributed by atoms with E-state index in [0.29, 0.717) is 28.2 Å². The molecule has 7 heteroatoms. The molecule has 2 aromatic heterocycles. The molecule has 0 unspecified atom stereocenters. The van der Waals surface area contributed by atoms with Gasteiger partial charge < -0.3 is 10.2 Å². The summed E-state index contributed by atoms with van der Waals surface area (Å²) in [5, 5.41) is 10.7. The Labute approximate surface area is 129 Å². The first-order chi connectivity index (χ1) is 9.74. The fourth-order valence-corrected chi connectivity index (χ4v) is 3.44. The molecule has 3 rings (SSSR count). The topological polar surface area (TPSA) is 64.9 Å². The summed E-state index contributed by atoms with van der Waals surface area (Å²) in [6, 6.07) is 9.35. The van der Waals surface area contributed by atoms with Gasteiger partial charge in [0.2, 0.25) is 5.89 Å². The molecule has 2 N–H and O–H groups in total. The molecule has 3 aromatic rings. The normalized spacial score (nSPS) is 10.8. The summed E-state index contributed by atoms with van der Waals surface area (Å²) in [6.45, 7) is 0. The Morgan fingerprint density at radius 3 is 2.90 bits per heavy atom. The van der Waals surface area contributed by atoms with Gasteiger partial charge in [-0.2, -0.15) is 0 Å². The van der Waals surface area contributed by atoms with Crippen LogP contribution in [0.2, 0.25) is 5.02 Å². The van der Waals surface area contributed by atoms with Crippen molar-refractivity contribution in [3.05, 3.63) is 46.6 Å². The van der Waals surface area contributed by atoms with E-state index in [0.717, 1.165) is 9.77 Å². The molecule has 0 bridgehead atoms. The van der Waals surface area contributed by atoms with Gasteiger partial charge in [0.25, 0.3) is 5.89 Å². The number of nitrogen functional groups attached to an aromatic ring is 1. The number of nitrogens with two attached hydrogens (primary N) is 1. The van der Waals surface area contributed by atoms with E-state index in [1.54, 1.807) is 11.3 Å². The summed E-state index contributed by atoms with van der Waals surface area (Å²) in [5.74, 6) is 1.63. The first-order valence-corrected chi connectivity index (χ1v) is 8.01. The maximum atomic E-state index is 6.12. The second-order valence-corrected chi connectivity index (χ2v) is 6.27. The van der Waals surface area contributed by atoms with Gasteiger partial charge in [0, 0.05) is 10.6 Å². The highest BCUT2D eigenvalue weighted by Gasteiger charge is 2.11. The van der Waals surface area contributed by atoms with E-state index in [1.807, 2.05) is 35.7 Å². The fourth-order valence-electron chi connectivity index (χ4n) is 1.62. The van der Waals surface area contributed by atoms with Gasteiger partial charge in [-0.1, -0.05) is 23.7 Å². The number of nitrogens with zero attached hydrogens (tertiary/aromatic N) is 2. The van der Waals surface area contributed by atoms with Gasteiger partial charge in [-0.25, -0.2) is 0 Å². The van der Waals surface area contributed by atoms with Crippen LogP contribution in [0.15, 0.2) is 45.0 Å². The lowest BCUT2D eigenvalue weighted by molar-refractivity contribution is 0.529. The number of hydrogen-bond acceptors (Lipinski definition) is 6. The highest BCUT2D eigenvalue weighted by atomic mass is 35.5. The molecule has 0 saturated heterocycles. The summed E-state index contributed by atoms with van der Waals surface area (Å²) in [6.07, 6.45) is 0. The maximum absolute atomic E-state index is 6.12. The van der Waals surface area contributed by atoms with Gasteiger partial charge in [0.15, 0.2) is 0 Å². The van der Waals surface area contributed by atoms with E-state index in [9.17, 15) is 0 Å². The number of rotatable bonds is 4. The molecule has 4 nitrogen and oxygen atoms in total. The zero-order valence-electron chi connectivity index (χ0n) is 10.2. The van der Waals surface area contributed by atoms with Crippen LogP contribution >= 0.6 is 34.7 Å². The molecule has 0 saturated carbocycles. The number of benzene rings is 1. The third-order valence-corrected chi connectivity index (χ3v) is 4.96. The molecule has 0 radical (unpaired) electrons. The molecule has 0 atom stereocenters. The van der Waals surface area contributed by atoms with Crippen LogP contribution in [0.4, 0.5) is 5.69 Å². The highest BCUT2D eigenvalue weighted by molar-refractivity contribution is 7.98.